The molecule has 0 saturated heterocycles. The third-order valence-corrected chi connectivity index (χ3v) is 4.22. The largest absolute Gasteiger partial charge is 0.289 e. The standard InChI is InChI=1S/C16H10F2OS/c17-12-5-6-15-13(8-12)16(19)11(9-20-15)7-10-3-1-2-4-14(10)18/h1-8H,9H2/b11-7-. The van der Waals surface area contributed by atoms with E-state index < -0.39 is 5.82 Å². The minimum Gasteiger partial charge on any atom is -0.289 e. The van der Waals surface area contributed by atoms with Gasteiger partial charge in [0.15, 0.2) is 5.78 Å². The Morgan fingerprint density at radius 3 is 2.70 bits per heavy atom. The molecule has 2 aromatic rings. The summed E-state index contributed by atoms with van der Waals surface area (Å²) in [6.45, 7) is 0. The number of ketones is 1. The van der Waals surface area contributed by atoms with Crippen molar-refractivity contribution >= 4 is 23.6 Å². The average Bonchev–Trinajstić information content (AvgIpc) is 2.45. The molecule has 1 aliphatic rings. The zero-order chi connectivity index (χ0) is 14.1. The maximum Gasteiger partial charge on any atom is 0.191 e. The molecule has 0 amide bonds. The van der Waals surface area contributed by atoms with E-state index in [0.29, 0.717) is 22.5 Å². The van der Waals surface area contributed by atoms with Gasteiger partial charge in [-0.15, -0.1) is 11.8 Å². The molecule has 1 aliphatic heterocycles. The van der Waals surface area contributed by atoms with Crippen LogP contribution in [-0.2, 0) is 0 Å². The molecule has 0 unspecified atom stereocenters. The van der Waals surface area contributed by atoms with Crippen LogP contribution in [0.5, 0.6) is 0 Å². The fourth-order valence-electron chi connectivity index (χ4n) is 2.09. The Labute approximate surface area is 119 Å². The van der Waals surface area contributed by atoms with Gasteiger partial charge < -0.3 is 0 Å². The number of Topliss-reactive ketones (excluding diaryl/α,β-unsaturated/α-hetero) is 1. The molecule has 0 atom stereocenters. The smallest absolute Gasteiger partial charge is 0.191 e. The number of carbonyl (C=O) groups excluding carboxylic acids is 1. The van der Waals surface area contributed by atoms with Crippen molar-refractivity contribution in [1.82, 2.24) is 0 Å². The maximum atomic E-state index is 13.6. The Kier molecular flexibility index (Phi) is 3.40. The average molecular weight is 288 g/mol. The van der Waals surface area contributed by atoms with Gasteiger partial charge in [0, 0.05) is 27.3 Å². The van der Waals surface area contributed by atoms with Gasteiger partial charge in [0.2, 0.25) is 0 Å². The van der Waals surface area contributed by atoms with Crippen molar-refractivity contribution in [1.29, 1.82) is 0 Å². The summed E-state index contributed by atoms with van der Waals surface area (Å²) in [6.07, 6.45) is 1.54. The van der Waals surface area contributed by atoms with E-state index >= 15 is 0 Å². The molecule has 1 nitrogen and oxygen atoms in total. The third-order valence-electron chi connectivity index (χ3n) is 3.10. The second-order valence-corrected chi connectivity index (χ2v) is 5.47. The third kappa shape index (κ3) is 2.39. The summed E-state index contributed by atoms with van der Waals surface area (Å²) < 4.78 is 26.9. The highest BCUT2D eigenvalue weighted by Crippen LogP contribution is 2.33. The SMILES string of the molecule is O=C1/C(=C\c2ccccc2F)CSc2ccc(F)cc21. The lowest BCUT2D eigenvalue weighted by Crippen LogP contribution is -2.12. The van der Waals surface area contributed by atoms with Crippen LogP contribution in [-0.4, -0.2) is 11.5 Å². The molecule has 0 saturated carbocycles. The van der Waals surface area contributed by atoms with Crippen LogP contribution >= 0.6 is 11.8 Å². The van der Waals surface area contributed by atoms with Crippen LogP contribution in [0, 0.1) is 11.6 Å². The summed E-state index contributed by atoms with van der Waals surface area (Å²) in [5.41, 5.74) is 1.21. The first kappa shape index (κ1) is 13.1. The van der Waals surface area contributed by atoms with Crippen molar-refractivity contribution in [3.05, 3.63) is 70.8 Å². The normalized spacial score (nSPS) is 16.3. The summed E-state index contributed by atoms with van der Waals surface area (Å²) in [4.78, 5) is 13.1. The molecule has 0 bridgehead atoms. The summed E-state index contributed by atoms with van der Waals surface area (Å²) in [5, 5.41) is 0. The molecule has 20 heavy (non-hydrogen) atoms. The molecular weight excluding hydrogens is 278 g/mol. The summed E-state index contributed by atoms with van der Waals surface area (Å²) in [5.74, 6) is -0.583. The highest BCUT2D eigenvalue weighted by Gasteiger charge is 2.23. The predicted molar refractivity (Wildman–Crippen MR) is 75.8 cm³/mol. The van der Waals surface area contributed by atoms with Crippen LogP contribution in [0.1, 0.15) is 15.9 Å². The van der Waals surface area contributed by atoms with Gasteiger partial charge in [-0.25, -0.2) is 8.78 Å². The number of hydrogen-bond acceptors (Lipinski definition) is 2. The van der Waals surface area contributed by atoms with Crippen LogP contribution in [0.2, 0.25) is 0 Å². The Bertz CT molecular complexity index is 722. The fraction of sp³-hybridized carbons (Fsp3) is 0.0625. The van der Waals surface area contributed by atoms with Crippen molar-refractivity contribution in [3.63, 3.8) is 0 Å². The van der Waals surface area contributed by atoms with Crippen LogP contribution < -0.4 is 0 Å². The Morgan fingerprint density at radius 2 is 1.90 bits per heavy atom. The first-order chi connectivity index (χ1) is 9.65. The highest BCUT2D eigenvalue weighted by atomic mass is 32.2. The van der Waals surface area contributed by atoms with Crippen LogP contribution in [0.4, 0.5) is 8.78 Å². The first-order valence-corrected chi connectivity index (χ1v) is 7.06. The number of hydrogen-bond donors (Lipinski definition) is 0. The summed E-state index contributed by atoms with van der Waals surface area (Å²) >= 11 is 1.46. The molecule has 4 heteroatoms. The van der Waals surface area contributed by atoms with Crippen molar-refractivity contribution in [2.75, 3.05) is 5.75 Å². The zero-order valence-electron chi connectivity index (χ0n) is 10.4. The molecular formula is C16H10F2OS. The highest BCUT2D eigenvalue weighted by molar-refractivity contribution is 7.99. The van der Waals surface area contributed by atoms with Crippen molar-refractivity contribution < 1.29 is 13.6 Å². The number of rotatable bonds is 1. The number of carbonyl (C=O) groups is 1. The molecule has 1 heterocycles. The summed E-state index contributed by atoms with van der Waals surface area (Å²) in [7, 11) is 0. The fourth-order valence-corrected chi connectivity index (χ4v) is 3.08. The van der Waals surface area contributed by atoms with E-state index in [4.69, 9.17) is 0 Å². The van der Waals surface area contributed by atoms with E-state index in [2.05, 4.69) is 0 Å². The quantitative estimate of drug-likeness (QED) is 0.726. The van der Waals surface area contributed by atoms with Gasteiger partial charge in [0.25, 0.3) is 0 Å². The van der Waals surface area contributed by atoms with Gasteiger partial charge in [0.05, 0.1) is 0 Å². The van der Waals surface area contributed by atoms with E-state index in [1.807, 2.05) is 0 Å². The van der Waals surface area contributed by atoms with Crippen LogP contribution in [0.15, 0.2) is 52.9 Å². The lowest BCUT2D eigenvalue weighted by molar-refractivity contribution is 0.103. The number of halogens is 2. The first-order valence-electron chi connectivity index (χ1n) is 6.07. The van der Waals surface area contributed by atoms with E-state index in [0.717, 1.165) is 4.90 Å². The Hall–Kier alpha value is -1.94. The molecule has 3 rings (SSSR count). The molecule has 0 radical (unpaired) electrons. The monoisotopic (exact) mass is 288 g/mol. The molecule has 0 aromatic heterocycles. The van der Waals surface area contributed by atoms with E-state index in [1.165, 1.54) is 30.0 Å². The summed E-state index contributed by atoms with van der Waals surface area (Å²) in [6, 6.07) is 10.4. The Balaban J connectivity index is 2.02. The van der Waals surface area contributed by atoms with Gasteiger partial charge in [-0.1, -0.05) is 18.2 Å². The maximum absolute atomic E-state index is 13.6. The molecule has 0 spiro atoms. The number of thioether (sulfide) groups is 1. The van der Waals surface area contributed by atoms with E-state index in [9.17, 15) is 13.6 Å². The number of fused-ring (bicyclic) bond motifs is 1. The topological polar surface area (TPSA) is 17.1 Å². The van der Waals surface area contributed by atoms with Gasteiger partial charge in [0.1, 0.15) is 11.6 Å². The van der Waals surface area contributed by atoms with Gasteiger partial charge in [-0.05, 0) is 30.3 Å². The number of benzene rings is 2. The van der Waals surface area contributed by atoms with Crippen molar-refractivity contribution in [2.24, 2.45) is 0 Å². The zero-order valence-corrected chi connectivity index (χ0v) is 11.2. The minimum absolute atomic E-state index is 0.235. The minimum atomic E-state index is -0.440. The van der Waals surface area contributed by atoms with Crippen LogP contribution in [0.3, 0.4) is 0 Å². The Morgan fingerprint density at radius 1 is 1.10 bits per heavy atom. The van der Waals surface area contributed by atoms with E-state index in [1.54, 1.807) is 30.3 Å². The lowest BCUT2D eigenvalue weighted by Gasteiger charge is -2.17. The molecule has 0 N–H and O–H groups in total. The van der Waals surface area contributed by atoms with E-state index in [-0.39, 0.29) is 11.6 Å². The van der Waals surface area contributed by atoms with Gasteiger partial charge in [-0.2, -0.15) is 0 Å². The van der Waals surface area contributed by atoms with Crippen molar-refractivity contribution in [3.8, 4) is 0 Å². The molecule has 0 aliphatic carbocycles. The predicted octanol–water partition coefficient (Wildman–Crippen LogP) is 4.34. The molecule has 2 aromatic carbocycles. The molecule has 100 valence electrons. The van der Waals surface area contributed by atoms with Crippen molar-refractivity contribution in [2.45, 2.75) is 4.90 Å². The second-order valence-electron chi connectivity index (χ2n) is 4.45. The van der Waals surface area contributed by atoms with Gasteiger partial charge >= 0.3 is 0 Å². The second kappa shape index (κ2) is 5.21. The lowest BCUT2D eigenvalue weighted by atomic mass is 10.0. The van der Waals surface area contributed by atoms with Crippen LogP contribution in [0.25, 0.3) is 6.08 Å². The molecule has 0 fully saturated rings. The van der Waals surface area contributed by atoms with Gasteiger partial charge in [-0.3, -0.25) is 4.79 Å².